The van der Waals surface area contributed by atoms with Gasteiger partial charge in [0.1, 0.15) is 11.5 Å². The molecule has 1 N–H and O–H groups in total. The van der Waals surface area contributed by atoms with Crippen molar-refractivity contribution in [2.45, 2.75) is 19.8 Å². The molecule has 0 aliphatic carbocycles. The largest absolute Gasteiger partial charge is 0.466 e. The molecule has 0 saturated heterocycles. The second kappa shape index (κ2) is 7.78. The third kappa shape index (κ3) is 4.76. The molecule has 0 amide bonds. The van der Waals surface area contributed by atoms with Gasteiger partial charge in [0.2, 0.25) is 0 Å². The summed E-state index contributed by atoms with van der Waals surface area (Å²) in [5.41, 5.74) is -0.144. The molecule has 0 heterocycles. The zero-order chi connectivity index (χ0) is 15.1. The van der Waals surface area contributed by atoms with E-state index < -0.39 is 10.7 Å². The Morgan fingerprint density at radius 2 is 2.25 bits per heavy atom. The fourth-order valence-corrected chi connectivity index (χ4v) is 1.86. The van der Waals surface area contributed by atoms with Gasteiger partial charge in [0.25, 0.3) is 5.69 Å². The smallest absolute Gasteiger partial charge is 0.305 e. The number of halogens is 2. The van der Waals surface area contributed by atoms with Gasteiger partial charge in [0.05, 0.1) is 22.1 Å². The predicted octanol–water partition coefficient (Wildman–Crippen LogP) is 3.25. The number of nitrogens with zero attached hydrogens (tertiary/aromatic N) is 1. The summed E-state index contributed by atoms with van der Waals surface area (Å²) in [6.07, 6.45) is 0.683. The van der Waals surface area contributed by atoms with E-state index in [1.54, 1.807) is 6.92 Å². The SMILES string of the molecule is CCOC(=O)CCCNc1cc(Br)c(F)cc1[N+](=O)[O-]. The summed E-state index contributed by atoms with van der Waals surface area (Å²) in [6.45, 7) is 2.38. The Kier molecular flexibility index (Phi) is 6.37. The van der Waals surface area contributed by atoms with E-state index in [9.17, 15) is 19.3 Å². The molecule has 1 rings (SSSR count). The van der Waals surface area contributed by atoms with Gasteiger partial charge in [-0.25, -0.2) is 4.39 Å². The van der Waals surface area contributed by atoms with Crippen molar-refractivity contribution in [3.63, 3.8) is 0 Å². The number of hydrogen-bond acceptors (Lipinski definition) is 5. The van der Waals surface area contributed by atoms with Crippen molar-refractivity contribution in [3.05, 3.63) is 32.5 Å². The molecule has 1 aromatic rings. The highest BCUT2D eigenvalue weighted by Gasteiger charge is 2.17. The molecule has 6 nitrogen and oxygen atoms in total. The lowest BCUT2D eigenvalue weighted by atomic mass is 10.2. The van der Waals surface area contributed by atoms with Crippen molar-refractivity contribution in [1.82, 2.24) is 0 Å². The third-order valence-corrected chi connectivity index (χ3v) is 3.02. The predicted molar refractivity (Wildman–Crippen MR) is 75.1 cm³/mol. The van der Waals surface area contributed by atoms with Crippen LogP contribution in [-0.2, 0) is 9.53 Å². The first-order valence-electron chi connectivity index (χ1n) is 5.98. The Morgan fingerprint density at radius 3 is 2.85 bits per heavy atom. The molecule has 20 heavy (non-hydrogen) atoms. The highest BCUT2D eigenvalue weighted by Crippen LogP contribution is 2.30. The maximum atomic E-state index is 13.3. The van der Waals surface area contributed by atoms with Crippen LogP contribution in [0, 0.1) is 15.9 Å². The minimum Gasteiger partial charge on any atom is -0.466 e. The van der Waals surface area contributed by atoms with Crippen molar-refractivity contribution in [1.29, 1.82) is 0 Å². The van der Waals surface area contributed by atoms with Gasteiger partial charge in [0.15, 0.2) is 0 Å². The summed E-state index contributed by atoms with van der Waals surface area (Å²) in [7, 11) is 0. The van der Waals surface area contributed by atoms with Crippen LogP contribution in [0.15, 0.2) is 16.6 Å². The van der Waals surface area contributed by atoms with E-state index >= 15 is 0 Å². The summed E-state index contributed by atoms with van der Waals surface area (Å²) in [6, 6.07) is 2.15. The Hall–Kier alpha value is -1.70. The highest BCUT2D eigenvalue weighted by molar-refractivity contribution is 9.10. The number of benzene rings is 1. The molecule has 110 valence electrons. The number of ether oxygens (including phenoxy) is 1. The minimum atomic E-state index is -0.700. The standard InChI is InChI=1S/C12H14BrFN2O4/c1-2-20-12(17)4-3-5-15-10-6-8(13)9(14)7-11(10)16(18)19/h6-7,15H,2-5H2,1H3. The van der Waals surface area contributed by atoms with Gasteiger partial charge in [-0.2, -0.15) is 0 Å². The van der Waals surface area contributed by atoms with Crippen LogP contribution in [0.5, 0.6) is 0 Å². The Labute approximate surface area is 123 Å². The highest BCUT2D eigenvalue weighted by atomic mass is 79.9. The molecular formula is C12H14BrFN2O4. The van der Waals surface area contributed by atoms with Crippen LogP contribution in [0.2, 0.25) is 0 Å². The molecular weight excluding hydrogens is 335 g/mol. The maximum absolute atomic E-state index is 13.3. The molecule has 0 aliphatic heterocycles. The van der Waals surface area contributed by atoms with Gasteiger partial charge < -0.3 is 10.1 Å². The first-order chi connectivity index (χ1) is 9.45. The van der Waals surface area contributed by atoms with Crippen molar-refractivity contribution in [2.24, 2.45) is 0 Å². The van der Waals surface area contributed by atoms with E-state index in [0.29, 0.717) is 19.6 Å². The van der Waals surface area contributed by atoms with Gasteiger partial charge in [-0.15, -0.1) is 0 Å². The lowest BCUT2D eigenvalue weighted by molar-refractivity contribution is -0.384. The van der Waals surface area contributed by atoms with Crippen LogP contribution >= 0.6 is 15.9 Å². The monoisotopic (exact) mass is 348 g/mol. The Bertz CT molecular complexity index is 510. The van der Waals surface area contributed by atoms with Crippen molar-refractivity contribution in [2.75, 3.05) is 18.5 Å². The van der Waals surface area contributed by atoms with E-state index in [-0.39, 0.29) is 28.2 Å². The molecule has 0 aliphatic rings. The number of carbonyl (C=O) groups excluding carboxylic acids is 1. The second-order valence-electron chi connectivity index (χ2n) is 3.88. The zero-order valence-corrected chi connectivity index (χ0v) is 12.4. The van der Waals surface area contributed by atoms with Gasteiger partial charge in [-0.1, -0.05) is 0 Å². The molecule has 0 radical (unpaired) electrons. The molecule has 0 saturated carbocycles. The second-order valence-corrected chi connectivity index (χ2v) is 4.73. The van der Waals surface area contributed by atoms with Crippen LogP contribution in [0.25, 0.3) is 0 Å². The summed E-state index contributed by atoms with van der Waals surface area (Å²) in [5.74, 6) is -1.02. The first kappa shape index (κ1) is 16.4. The zero-order valence-electron chi connectivity index (χ0n) is 10.8. The van der Waals surface area contributed by atoms with Crippen molar-refractivity contribution < 1.29 is 18.8 Å². The average molecular weight is 349 g/mol. The molecule has 0 bridgehead atoms. The summed E-state index contributed by atoms with van der Waals surface area (Å²) in [4.78, 5) is 21.3. The average Bonchev–Trinajstić information content (AvgIpc) is 2.38. The maximum Gasteiger partial charge on any atom is 0.305 e. The van der Waals surface area contributed by atoms with Crippen LogP contribution in [0.3, 0.4) is 0 Å². The number of anilines is 1. The van der Waals surface area contributed by atoms with E-state index in [4.69, 9.17) is 4.74 Å². The first-order valence-corrected chi connectivity index (χ1v) is 6.78. The molecule has 1 aromatic carbocycles. The van der Waals surface area contributed by atoms with Gasteiger partial charge in [-0.05, 0) is 35.3 Å². The Balaban J connectivity index is 2.61. The van der Waals surface area contributed by atoms with Crippen LogP contribution in [0.1, 0.15) is 19.8 Å². The molecule has 0 spiro atoms. The molecule has 0 unspecified atom stereocenters. The van der Waals surface area contributed by atoms with E-state index in [1.165, 1.54) is 6.07 Å². The minimum absolute atomic E-state index is 0.135. The fraction of sp³-hybridized carbons (Fsp3) is 0.417. The number of hydrogen-bond donors (Lipinski definition) is 1. The topological polar surface area (TPSA) is 81.5 Å². The van der Waals surface area contributed by atoms with Crippen molar-refractivity contribution >= 4 is 33.3 Å². The van der Waals surface area contributed by atoms with E-state index in [0.717, 1.165) is 6.07 Å². The lowest BCUT2D eigenvalue weighted by Crippen LogP contribution is -2.09. The van der Waals surface area contributed by atoms with Crippen LogP contribution in [-0.4, -0.2) is 24.0 Å². The third-order valence-electron chi connectivity index (χ3n) is 2.41. The van der Waals surface area contributed by atoms with Crippen molar-refractivity contribution in [3.8, 4) is 0 Å². The number of carbonyl (C=O) groups is 1. The van der Waals surface area contributed by atoms with Crippen LogP contribution < -0.4 is 5.32 Å². The number of esters is 1. The number of nitro benzene ring substituents is 1. The Morgan fingerprint density at radius 1 is 1.55 bits per heavy atom. The molecule has 0 atom stereocenters. The molecule has 0 aromatic heterocycles. The summed E-state index contributed by atoms with van der Waals surface area (Å²) >= 11 is 2.97. The molecule has 8 heteroatoms. The number of nitro groups is 1. The summed E-state index contributed by atoms with van der Waals surface area (Å²) in [5, 5.41) is 13.6. The van der Waals surface area contributed by atoms with Gasteiger partial charge in [0, 0.05) is 13.0 Å². The quantitative estimate of drug-likeness (QED) is 0.354. The summed E-state index contributed by atoms with van der Waals surface area (Å²) < 4.78 is 18.2. The molecule has 0 fully saturated rings. The lowest BCUT2D eigenvalue weighted by Gasteiger charge is -2.08. The van der Waals surface area contributed by atoms with Crippen LogP contribution in [0.4, 0.5) is 15.8 Å². The van der Waals surface area contributed by atoms with E-state index in [1.807, 2.05) is 0 Å². The van der Waals surface area contributed by atoms with E-state index in [2.05, 4.69) is 21.2 Å². The normalized spacial score (nSPS) is 10.2. The number of nitrogens with one attached hydrogen (secondary N) is 1. The van der Waals surface area contributed by atoms with Gasteiger partial charge in [-0.3, -0.25) is 14.9 Å². The van der Waals surface area contributed by atoms with Gasteiger partial charge >= 0.3 is 5.97 Å². The fourth-order valence-electron chi connectivity index (χ4n) is 1.52. The number of rotatable bonds is 7.